The fourth-order valence-electron chi connectivity index (χ4n) is 4.47. The molecule has 0 aromatic carbocycles. The predicted octanol–water partition coefficient (Wildman–Crippen LogP) is 3.66. The minimum Gasteiger partial charge on any atom is -0.415 e. The number of amides is 2. The first-order valence-electron chi connectivity index (χ1n) is 11.5. The number of hydrogen-bond donors (Lipinski definition) is 1. The van der Waals surface area contributed by atoms with Crippen LogP contribution < -0.4 is 5.32 Å². The molecule has 1 N–H and O–H groups in total. The van der Waals surface area contributed by atoms with Crippen molar-refractivity contribution in [2.75, 3.05) is 26.3 Å². The summed E-state index contributed by atoms with van der Waals surface area (Å²) < 4.78 is 11.2. The zero-order chi connectivity index (χ0) is 22.4. The third-order valence-corrected chi connectivity index (χ3v) is 6.75. The summed E-state index contributed by atoms with van der Waals surface area (Å²) in [6.07, 6.45) is 4.48. The monoisotopic (exact) mass is 488 g/mol. The Labute approximate surface area is 201 Å². The lowest BCUT2D eigenvalue weighted by molar-refractivity contribution is -0.136. The molecule has 1 aliphatic carbocycles. The number of imide groups is 1. The van der Waals surface area contributed by atoms with Crippen molar-refractivity contribution < 1.29 is 18.7 Å². The van der Waals surface area contributed by atoms with Crippen LogP contribution in [0.5, 0.6) is 0 Å². The van der Waals surface area contributed by atoms with Crippen LogP contribution in [-0.2, 0) is 14.3 Å². The Balaban J connectivity index is 0.00000363. The van der Waals surface area contributed by atoms with E-state index in [9.17, 15) is 9.59 Å². The van der Waals surface area contributed by atoms with E-state index in [1.54, 1.807) is 0 Å². The van der Waals surface area contributed by atoms with E-state index in [0.717, 1.165) is 38.8 Å². The van der Waals surface area contributed by atoms with Crippen molar-refractivity contribution in [1.82, 2.24) is 20.4 Å². The molecule has 1 saturated heterocycles. The standard InChI is InChI=1S/C22H36N4O4S.ClH/c1-14(2)13-17(21-24-25-22(30-21)31-15(3)4)20(28)23-19(27)16-7-5-6-8-18(16)26-9-11-29-12-10-26;/h14-18H,5-13H2,1-4H3,(H,23,27,28);1H/t16-,17-,18+;/m1./s1. The molecule has 32 heavy (non-hydrogen) atoms. The quantitative estimate of drug-likeness (QED) is 0.553. The fourth-order valence-corrected chi connectivity index (χ4v) is 5.09. The Bertz CT molecular complexity index is 739. The SMILES string of the molecule is CC(C)C[C@H](C(=O)NC(=O)[C@@H]1CCCC[C@@H]1N1CCOCC1)c1nnc(SC(C)C)o1.Cl. The summed E-state index contributed by atoms with van der Waals surface area (Å²) in [7, 11) is 0. The van der Waals surface area contributed by atoms with Gasteiger partial charge in [0.1, 0.15) is 5.92 Å². The molecule has 1 aromatic heterocycles. The Kier molecular flexibility index (Phi) is 10.9. The number of ether oxygens (including phenoxy) is 1. The van der Waals surface area contributed by atoms with E-state index >= 15 is 0 Å². The normalized spacial score (nSPS) is 23.1. The van der Waals surface area contributed by atoms with E-state index in [2.05, 4.69) is 20.4 Å². The molecular formula is C22H37ClN4O4S. The minimum atomic E-state index is -0.622. The number of carbonyl (C=O) groups excluding carboxylic acids is 2. The second-order valence-electron chi connectivity index (χ2n) is 9.22. The van der Waals surface area contributed by atoms with E-state index in [1.165, 1.54) is 11.8 Å². The molecule has 1 aliphatic heterocycles. The van der Waals surface area contributed by atoms with Crippen molar-refractivity contribution in [3.63, 3.8) is 0 Å². The molecule has 0 radical (unpaired) electrons. The lowest BCUT2D eigenvalue weighted by Gasteiger charge is -2.40. The summed E-state index contributed by atoms with van der Waals surface area (Å²) in [6, 6.07) is 0.173. The van der Waals surface area contributed by atoms with Gasteiger partial charge in [-0.25, -0.2) is 0 Å². The molecule has 2 fully saturated rings. The first-order chi connectivity index (χ1) is 14.8. The van der Waals surface area contributed by atoms with Gasteiger partial charge in [-0.1, -0.05) is 52.3 Å². The highest BCUT2D eigenvalue weighted by molar-refractivity contribution is 7.99. The Morgan fingerprint density at radius 1 is 1.12 bits per heavy atom. The van der Waals surface area contributed by atoms with Gasteiger partial charge in [-0.15, -0.1) is 22.6 Å². The van der Waals surface area contributed by atoms with Gasteiger partial charge in [0.25, 0.3) is 5.22 Å². The van der Waals surface area contributed by atoms with Gasteiger partial charge in [0.05, 0.1) is 19.1 Å². The van der Waals surface area contributed by atoms with E-state index < -0.39 is 5.92 Å². The molecule has 0 spiro atoms. The zero-order valence-electron chi connectivity index (χ0n) is 19.5. The molecule has 10 heteroatoms. The maximum Gasteiger partial charge on any atom is 0.276 e. The first kappa shape index (κ1) is 27.1. The average Bonchev–Trinajstić information content (AvgIpc) is 3.19. The first-order valence-corrected chi connectivity index (χ1v) is 12.4. The van der Waals surface area contributed by atoms with Crippen molar-refractivity contribution in [2.45, 2.75) is 82.2 Å². The molecule has 3 atom stereocenters. The van der Waals surface area contributed by atoms with E-state index in [4.69, 9.17) is 9.15 Å². The Hall–Kier alpha value is -1.16. The number of nitrogens with one attached hydrogen (secondary N) is 1. The number of thioether (sulfide) groups is 1. The maximum atomic E-state index is 13.2. The predicted molar refractivity (Wildman–Crippen MR) is 126 cm³/mol. The lowest BCUT2D eigenvalue weighted by Crippen LogP contribution is -2.53. The average molecular weight is 489 g/mol. The zero-order valence-corrected chi connectivity index (χ0v) is 21.2. The van der Waals surface area contributed by atoms with Gasteiger partial charge >= 0.3 is 0 Å². The minimum absolute atomic E-state index is 0. The third kappa shape index (κ3) is 7.43. The molecule has 0 bridgehead atoms. The molecule has 1 aromatic rings. The van der Waals surface area contributed by atoms with Crippen molar-refractivity contribution in [3.05, 3.63) is 5.89 Å². The van der Waals surface area contributed by atoms with Crippen LogP contribution in [0.1, 0.15) is 71.6 Å². The van der Waals surface area contributed by atoms with E-state index in [1.807, 2.05) is 27.7 Å². The molecule has 182 valence electrons. The molecule has 3 rings (SSSR count). The Morgan fingerprint density at radius 3 is 2.47 bits per heavy atom. The summed E-state index contributed by atoms with van der Waals surface area (Å²) in [5, 5.41) is 11.7. The van der Waals surface area contributed by atoms with Gasteiger partial charge in [0, 0.05) is 24.4 Å². The highest BCUT2D eigenvalue weighted by Gasteiger charge is 2.37. The Morgan fingerprint density at radius 2 is 1.81 bits per heavy atom. The smallest absolute Gasteiger partial charge is 0.276 e. The molecule has 2 amide bonds. The summed E-state index contributed by atoms with van der Waals surface area (Å²) in [6.45, 7) is 11.3. The number of hydrogen-bond acceptors (Lipinski definition) is 8. The van der Waals surface area contributed by atoms with Gasteiger partial charge in [-0.3, -0.25) is 19.8 Å². The molecule has 2 aliphatic rings. The number of nitrogens with zero attached hydrogens (tertiary/aromatic N) is 3. The van der Waals surface area contributed by atoms with Crippen molar-refractivity contribution in [1.29, 1.82) is 0 Å². The van der Waals surface area contributed by atoms with Crippen LogP contribution in [0.3, 0.4) is 0 Å². The highest BCUT2D eigenvalue weighted by atomic mass is 35.5. The van der Waals surface area contributed by atoms with Crippen LogP contribution in [0.15, 0.2) is 9.64 Å². The van der Waals surface area contributed by atoms with Crippen LogP contribution in [0.2, 0.25) is 0 Å². The second kappa shape index (κ2) is 12.9. The lowest BCUT2D eigenvalue weighted by atomic mass is 9.82. The molecule has 1 saturated carbocycles. The summed E-state index contributed by atoms with van der Waals surface area (Å²) >= 11 is 1.47. The number of morpholine rings is 1. The van der Waals surface area contributed by atoms with E-state index in [0.29, 0.717) is 30.1 Å². The third-order valence-electron chi connectivity index (χ3n) is 5.91. The number of rotatable bonds is 8. The largest absolute Gasteiger partial charge is 0.415 e. The van der Waals surface area contributed by atoms with E-state index in [-0.39, 0.29) is 48.0 Å². The molecule has 2 heterocycles. The molecule has 8 nitrogen and oxygen atoms in total. The topological polar surface area (TPSA) is 97.6 Å². The highest BCUT2D eigenvalue weighted by Crippen LogP contribution is 2.31. The van der Waals surface area contributed by atoms with Crippen molar-refractivity contribution in [3.8, 4) is 0 Å². The van der Waals surface area contributed by atoms with Gasteiger partial charge < -0.3 is 9.15 Å². The number of halogens is 1. The van der Waals surface area contributed by atoms with Crippen molar-refractivity contribution >= 4 is 36.0 Å². The van der Waals surface area contributed by atoms with Crippen LogP contribution >= 0.6 is 24.2 Å². The van der Waals surface area contributed by atoms with Gasteiger partial charge in [0.15, 0.2) is 0 Å². The van der Waals surface area contributed by atoms with Gasteiger partial charge in [-0.2, -0.15) is 0 Å². The summed E-state index contributed by atoms with van der Waals surface area (Å²) in [5.74, 6) is -0.778. The second-order valence-corrected chi connectivity index (χ2v) is 10.7. The van der Waals surface area contributed by atoms with Gasteiger partial charge in [-0.05, 0) is 25.2 Å². The van der Waals surface area contributed by atoms with Gasteiger partial charge in [0.2, 0.25) is 17.7 Å². The van der Waals surface area contributed by atoms with Crippen LogP contribution in [0.4, 0.5) is 0 Å². The summed E-state index contributed by atoms with van der Waals surface area (Å²) in [4.78, 5) is 28.7. The molecule has 0 unspecified atom stereocenters. The van der Waals surface area contributed by atoms with Crippen LogP contribution in [0.25, 0.3) is 0 Å². The summed E-state index contributed by atoms with van der Waals surface area (Å²) in [5.41, 5.74) is 0. The number of carbonyl (C=O) groups is 2. The van der Waals surface area contributed by atoms with Crippen molar-refractivity contribution in [2.24, 2.45) is 11.8 Å². The van der Waals surface area contributed by atoms with Crippen LogP contribution in [0, 0.1) is 11.8 Å². The van der Waals surface area contributed by atoms with Crippen LogP contribution in [-0.4, -0.2) is 64.5 Å². The fraction of sp³-hybridized carbons (Fsp3) is 0.818. The maximum absolute atomic E-state index is 13.2. The number of aromatic nitrogens is 2. The molecular weight excluding hydrogens is 452 g/mol.